The molecular weight excluding hydrogens is 299 g/mol. The van der Waals surface area contributed by atoms with E-state index < -0.39 is 12.1 Å². The molecule has 1 aromatic heterocycles. The van der Waals surface area contributed by atoms with Gasteiger partial charge in [-0.3, -0.25) is 4.90 Å². The zero-order valence-electron chi connectivity index (χ0n) is 11.6. The van der Waals surface area contributed by atoms with Crippen molar-refractivity contribution < 1.29 is 18.3 Å². The summed E-state index contributed by atoms with van der Waals surface area (Å²) < 4.78 is 38.3. The van der Waals surface area contributed by atoms with E-state index >= 15 is 0 Å². The molecule has 2 heterocycles. The van der Waals surface area contributed by atoms with Crippen molar-refractivity contribution in [1.29, 1.82) is 0 Å². The molecule has 0 bridgehead atoms. The van der Waals surface area contributed by atoms with Crippen molar-refractivity contribution in [3.05, 3.63) is 21.9 Å². The molecular formula is C15H18F3NOS. The van der Waals surface area contributed by atoms with Crippen LogP contribution in [0.2, 0.25) is 0 Å². The van der Waals surface area contributed by atoms with Gasteiger partial charge in [-0.2, -0.15) is 13.2 Å². The number of hydrogen-bond acceptors (Lipinski definition) is 3. The van der Waals surface area contributed by atoms with Gasteiger partial charge in [0, 0.05) is 35.3 Å². The van der Waals surface area contributed by atoms with Crippen molar-refractivity contribution in [2.24, 2.45) is 5.92 Å². The third kappa shape index (κ3) is 5.03. The number of aliphatic hydroxyl groups excluding tert-OH is 1. The second-order valence-electron chi connectivity index (χ2n) is 5.19. The Labute approximate surface area is 126 Å². The van der Waals surface area contributed by atoms with Crippen LogP contribution in [0.4, 0.5) is 13.2 Å². The molecule has 1 aliphatic heterocycles. The maximum Gasteiger partial charge on any atom is 0.393 e. The number of rotatable bonds is 3. The van der Waals surface area contributed by atoms with E-state index in [-0.39, 0.29) is 19.6 Å². The van der Waals surface area contributed by atoms with E-state index in [1.54, 1.807) is 0 Å². The summed E-state index contributed by atoms with van der Waals surface area (Å²) in [6, 6.07) is 1.92. The molecule has 0 saturated carbocycles. The fourth-order valence-electron chi connectivity index (χ4n) is 2.44. The Balaban J connectivity index is 1.91. The Bertz CT molecular complexity index is 515. The second kappa shape index (κ2) is 7.30. The molecule has 2 rings (SSSR count). The summed E-state index contributed by atoms with van der Waals surface area (Å²) in [7, 11) is 0. The van der Waals surface area contributed by atoms with Crippen LogP contribution >= 0.6 is 11.3 Å². The fraction of sp³-hybridized carbons (Fsp3) is 0.600. The van der Waals surface area contributed by atoms with E-state index in [1.807, 2.05) is 16.3 Å². The number of likely N-dealkylation sites (tertiary alicyclic amines) is 1. The van der Waals surface area contributed by atoms with Gasteiger partial charge in [0.1, 0.15) is 0 Å². The number of halogens is 3. The van der Waals surface area contributed by atoms with Crippen molar-refractivity contribution in [3.63, 3.8) is 0 Å². The molecule has 1 aliphatic rings. The zero-order valence-corrected chi connectivity index (χ0v) is 12.4. The van der Waals surface area contributed by atoms with Crippen LogP contribution in [0.15, 0.2) is 11.4 Å². The average Bonchev–Trinajstić information content (AvgIpc) is 2.86. The molecule has 0 amide bonds. The molecule has 0 radical (unpaired) electrons. The Kier molecular flexibility index (Phi) is 5.68. The van der Waals surface area contributed by atoms with Gasteiger partial charge in [0.15, 0.2) is 0 Å². The highest BCUT2D eigenvalue weighted by atomic mass is 32.1. The van der Waals surface area contributed by atoms with Crippen molar-refractivity contribution in [2.45, 2.75) is 32.0 Å². The first-order valence-corrected chi connectivity index (χ1v) is 7.83. The van der Waals surface area contributed by atoms with E-state index in [1.165, 1.54) is 11.3 Å². The van der Waals surface area contributed by atoms with E-state index in [2.05, 4.69) is 11.8 Å². The summed E-state index contributed by atoms with van der Waals surface area (Å²) in [4.78, 5) is 2.91. The second-order valence-corrected chi connectivity index (χ2v) is 6.19. The molecule has 0 aromatic carbocycles. The first-order chi connectivity index (χ1) is 9.99. The van der Waals surface area contributed by atoms with Gasteiger partial charge in [-0.1, -0.05) is 11.8 Å². The lowest BCUT2D eigenvalue weighted by Gasteiger charge is -2.33. The highest BCUT2D eigenvalue weighted by Crippen LogP contribution is 2.33. The fourth-order valence-corrected chi connectivity index (χ4v) is 3.29. The standard InChI is InChI=1S/C15H18F3NOS/c16-15(17,18)13-5-3-6-19(9-13)10-14-8-12(11-21-14)4-1-2-7-20/h8,11,13,20H,2-3,5-7,9-10H2. The molecule has 2 nitrogen and oxygen atoms in total. The van der Waals surface area contributed by atoms with E-state index in [4.69, 9.17) is 5.11 Å². The highest BCUT2D eigenvalue weighted by Gasteiger charge is 2.41. The van der Waals surface area contributed by atoms with E-state index in [0.29, 0.717) is 19.4 Å². The summed E-state index contributed by atoms with van der Waals surface area (Å²) in [5.41, 5.74) is 0.868. The quantitative estimate of drug-likeness (QED) is 0.865. The first-order valence-electron chi connectivity index (χ1n) is 6.95. The van der Waals surface area contributed by atoms with Crippen molar-refractivity contribution >= 4 is 11.3 Å². The minimum atomic E-state index is -4.09. The SMILES string of the molecule is OCCC#Cc1csc(CN2CCCC(C(F)(F)F)C2)c1. The number of aliphatic hydroxyl groups is 1. The molecule has 6 heteroatoms. The molecule has 0 spiro atoms. The topological polar surface area (TPSA) is 23.5 Å². The number of hydrogen-bond donors (Lipinski definition) is 1. The lowest BCUT2D eigenvalue weighted by atomic mass is 9.97. The van der Waals surface area contributed by atoms with Crippen molar-refractivity contribution in [2.75, 3.05) is 19.7 Å². The van der Waals surface area contributed by atoms with Crippen LogP contribution in [-0.2, 0) is 6.54 Å². The number of piperidine rings is 1. The van der Waals surface area contributed by atoms with Crippen molar-refractivity contribution in [3.8, 4) is 11.8 Å². The number of nitrogens with zero attached hydrogens (tertiary/aromatic N) is 1. The summed E-state index contributed by atoms with van der Waals surface area (Å²) in [6.07, 6.45) is -2.82. The maximum atomic E-state index is 12.8. The van der Waals surface area contributed by atoms with Crippen LogP contribution in [0.3, 0.4) is 0 Å². The minimum absolute atomic E-state index is 0.0383. The summed E-state index contributed by atoms with van der Waals surface area (Å²) in [5, 5.41) is 10.6. The van der Waals surface area contributed by atoms with Crippen molar-refractivity contribution in [1.82, 2.24) is 4.90 Å². The Morgan fingerprint density at radius 1 is 1.43 bits per heavy atom. The van der Waals surface area contributed by atoms with Gasteiger partial charge in [0.05, 0.1) is 12.5 Å². The van der Waals surface area contributed by atoms with Gasteiger partial charge >= 0.3 is 6.18 Å². The Morgan fingerprint density at radius 3 is 2.95 bits per heavy atom. The molecule has 1 unspecified atom stereocenters. The molecule has 1 fully saturated rings. The monoisotopic (exact) mass is 317 g/mol. The average molecular weight is 317 g/mol. The third-order valence-electron chi connectivity index (χ3n) is 3.47. The molecule has 21 heavy (non-hydrogen) atoms. The summed E-state index contributed by atoms with van der Waals surface area (Å²) in [6.45, 7) is 1.40. The number of alkyl halides is 3. The van der Waals surface area contributed by atoms with Crippen LogP contribution in [0.5, 0.6) is 0 Å². The van der Waals surface area contributed by atoms with Crippen LogP contribution in [0, 0.1) is 17.8 Å². The maximum absolute atomic E-state index is 12.8. The van der Waals surface area contributed by atoms with Crippen LogP contribution in [0.1, 0.15) is 29.7 Å². The summed E-state index contributed by atoms with van der Waals surface area (Å²) >= 11 is 1.52. The van der Waals surface area contributed by atoms with Crippen LogP contribution in [0.25, 0.3) is 0 Å². The van der Waals surface area contributed by atoms with Gasteiger partial charge in [-0.25, -0.2) is 0 Å². The highest BCUT2D eigenvalue weighted by molar-refractivity contribution is 7.10. The Hall–Kier alpha value is -1.03. The molecule has 1 aromatic rings. The smallest absolute Gasteiger partial charge is 0.393 e. The first kappa shape index (κ1) is 16.3. The predicted molar refractivity (Wildman–Crippen MR) is 77.0 cm³/mol. The largest absolute Gasteiger partial charge is 0.395 e. The lowest BCUT2D eigenvalue weighted by molar-refractivity contribution is -0.187. The minimum Gasteiger partial charge on any atom is -0.395 e. The van der Waals surface area contributed by atoms with Gasteiger partial charge < -0.3 is 5.11 Å². The summed E-state index contributed by atoms with van der Waals surface area (Å²) in [5.74, 6) is 4.58. The third-order valence-corrected chi connectivity index (χ3v) is 4.39. The lowest BCUT2D eigenvalue weighted by Crippen LogP contribution is -2.41. The van der Waals surface area contributed by atoms with Crippen LogP contribution < -0.4 is 0 Å². The van der Waals surface area contributed by atoms with Gasteiger partial charge in [0.25, 0.3) is 0 Å². The molecule has 0 aliphatic carbocycles. The molecule has 1 N–H and O–H groups in total. The predicted octanol–water partition coefficient (Wildman–Crippen LogP) is 3.26. The molecule has 1 atom stereocenters. The normalized spacial score (nSPS) is 20.1. The van der Waals surface area contributed by atoms with Gasteiger partial charge in [-0.05, 0) is 25.5 Å². The number of thiophene rings is 1. The molecule has 1 saturated heterocycles. The van der Waals surface area contributed by atoms with E-state index in [0.717, 1.165) is 17.0 Å². The Morgan fingerprint density at radius 2 is 2.24 bits per heavy atom. The van der Waals surface area contributed by atoms with Gasteiger partial charge in [0.2, 0.25) is 0 Å². The van der Waals surface area contributed by atoms with Gasteiger partial charge in [-0.15, -0.1) is 11.3 Å². The zero-order chi connectivity index (χ0) is 15.3. The van der Waals surface area contributed by atoms with Crippen LogP contribution in [-0.4, -0.2) is 35.9 Å². The van der Waals surface area contributed by atoms with E-state index in [9.17, 15) is 13.2 Å². The molecule has 116 valence electrons.